The van der Waals surface area contributed by atoms with Gasteiger partial charge in [0.15, 0.2) is 5.65 Å². The van der Waals surface area contributed by atoms with E-state index in [1.807, 2.05) is 22.4 Å². The molecule has 1 aliphatic heterocycles. The average molecular weight is 506 g/mol. The van der Waals surface area contributed by atoms with Crippen molar-refractivity contribution < 1.29 is 22.7 Å². The number of halogens is 3. The van der Waals surface area contributed by atoms with E-state index in [1.54, 1.807) is 34.6 Å². The molecule has 0 saturated carbocycles. The summed E-state index contributed by atoms with van der Waals surface area (Å²) in [5.41, 5.74) is 3.69. The second-order valence-corrected chi connectivity index (χ2v) is 9.02. The largest absolute Gasteiger partial charge is 0.405 e. The summed E-state index contributed by atoms with van der Waals surface area (Å²) in [6, 6.07) is 1.54. The van der Waals surface area contributed by atoms with Gasteiger partial charge in [-0.25, -0.2) is 9.50 Å². The number of nitrogens with zero attached hydrogens (tertiary/aromatic N) is 6. The summed E-state index contributed by atoms with van der Waals surface area (Å²) in [6.45, 7) is 3.70. The molecule has 0 radical (unpaired) electrons. The van der Waals surface area contributed by atoms with Gasteiger partial charge in [0, 0.05) is 54.9 Å². The van der Waals surface area contributed by atoms with Crippen molar-refractivity contribution in [3.05, 3.63) is 47.3 Å². The van der Waals surface area contributed by atoms with Crippen LogP contribution in [0.3, 0.4) is 0 Å². The Labute approximate surface area is 202 Å². The van der Waals surface area contributed by atoms with Gasteiger partial charge < -0.3 is 10.1 Å². The number of thiophene rings is 1. The molecule has 0 aliphatic carbocycles. The summed E-state index contributed by atoms with van der Waals surface area (Å²) >= 11 is 1.07. The summed E-state index contributed by atoms with van der Waals surface area (Å²) in [5, 5.41) is 12.4. The van der Waals surface area contributed by atoms with E-state index in [2.05, 4.69) is 20.1 Å². The molecule has 35 heavy (non-hydrogen) atoms. The lowest BCUT2D eigenvalue weighted by Crippen LogP contribution is -2.38. The van der Waals surface area contributed by atoms with Crippen LogP contribution in [0.5, 0.6) is 0 Å². The Hall–Kier alpha value is -3.29. The number of alkyl halides is 3. The normalized spacial score (nSPS) is 15.1. The van der Waals surface area contributed by atoms with Crippen LogP contribution < -0.4 is 5.32 Å². The molecule has 9 nitrogen and oxygen atoms in total. The van der Waals surface area contributed by atoms with Crippen molar-refractivity contribution >= 4 is 22.9 Å². The van der Waals surface area contributed by atoms with Crippen LogP contribution >= 0.6 is 11.3 Å². The summed E-state index contributed by atoms with van der Waals surface area (Å²) in [6.07, 6.45) is 4.50. The number of rotatable bonds is 7. The number of fused-ring (bicyclic) bond motifs is 1. The molecule has 1 N–H and O–H groups in total. The number of carbonyl (C=O) groups excluding carboxylic acids is 1. The van der Waals surface area contributed by atoms with Gasteiger partial charge in [-0.15, -0.1) is 11.3 Å². The molecule has 0 aromatic carbocycles. The lowest BCUT2D eigenvalue weighted by Gasteiger charge is -2.26. The highest BCUT2D eigenvalue weighted by Crippen LogP contribution is 2.29. The van der Waals surface area contributed by atoms with E-state index in [1.165, 1.54) is 0 Å². The lowest BCUT2D eigenvalue weighted by molar-refractivity contribution is -0.123. The first-order valence-electron chi connectivity index (χ1n) is 11.0. The monoisotopic (exact) mass is 505 g/mol. The molecule has 0 atom stereocenters. The van der Waals surface area contributed by atoms with Crippen molar-refractivity contribution in [2.45, 2.75) is 12.7 Å². The van der Waals surface area contributed by atoms with Gasteiger partial charge >= 0.3 is 6.18 Å². The maximum absolute atomic E-state index is 12.4. The van der Waals surface area contributed by atoms with Crippen LogP contribution in [0.1, 0.15) is 9.67 Å². The van der Waals surface area contributed by atoms with Crippen LogP contribution in [0.15, 0.2) is 42.4 Å². The Morgan fingerprint density at radius 1 is 1.06 bits per heavy atom. The molecule has 5 rings (SSSR count). The molecular weight excluding hydrogens is 483 g/mol. The van der Waals surface area contributed by atoms with Crippen LogP contribution in [0, 0.1) is 0 Å². The Morgan fingerprint density at radius 3 is 2.66 bits per heavy atom. The Balaban J connectivity index is 1.28. The third-order valence-corrected chi connectivity index (χ3v) is 6.58. The average Bonchev–Trinajstić information content (AvgIpc) is 3.60. The van der Waals surface area contributed by atoms with Crippen LogP contribution in [-0.4, -0.2) is 80.8 Å². The van der Waals surface area contributed by atoms with Gasteiger partial charge in [0.05, 0.1) is 37.0 Å². The number of carbonyl (C=O) groups is 1. The molecule has 5 heterocycles. The number of aromatic nitrogens is 5. The number of ether oxygens (including phenoxy) is 1. The van der Waals surface area contributed by atoms with E-state index >= 15 is 0 Å². The molecule has 4 aromatic heterocycles. The van der Waals surface area contributed by atoms with Crippen molar-refractivity contribution in [1.29, 1.82) is 0 Å². The second-order valence-electron chi connectivity index (χ2n) is 8.11. The molecule has 0 unspecified atom stereocenters. The first-order chi connectivity index (χ1) is 16.9. The van der Waals surface area contributed by atoms with Gasteiger partial charge in [0.2, 0.25) is 0 Å². The second kappa shape index (κ2) is 9.76. The molecule has 1 amide bonds. The van der Waals surface area contributed by atoms with Crippen LogP contribution in [0.2, 0.25) is 0 Å². The van der Waals surface area contributed by atoms with Crippen molar-refractivity contribution in [3.8, 4) is 22.3 Å². The molecule has 184 valence electrons. The third kappa shape index (κ3) is 5.52. The fourth-order valence-electron chi connectivity index (χ4n) is 3.80. The highest BCUT2D eigenvalue weighted by Gasteiger charge is 2.28. The number of hydrogen-bond acceptors (Lipinski definition) is 7. The molecule has 0 spiro atoms. The zero-order valence-electron chi connectivity index (χ0n) is 18.5. The lowest BCUT2D eigenvalue weighted by atomic mass is 10.1. The maximum Gasteiger partial charge on any atom is 0.405 e. The van der Waals surface area contributed by atoms with E-state index in [4.69, 9.17) is 4.74 Å². The summed E-state index contributed by atoms with van der Waals surface area (Å²) in [4.78, 5) is 19.1. The fourth-order valence-corrected chi connectivity index (χ4v) is 4.62. The molecular formula is C22H22F3N7O2S. The first kappa shape index (κ1) is 23.5. The van der Waals surface area contributed by atoms with Gasteiger partial charge in [-0.2, -0.15) is 23.4 Å². The van der Waals surface area contributed by atoms with E-state index in [0.717, 1.165) is 61.9 Å². The predicted molar refractivity (Wildman–Crippen MR) is 123 cm³/mol. The van der Waals surface area contributed by atoms with Crippen LogP contribution in [0.25, 0.3) is 27.9 Å². The van der Waals surface area contributed by atoms with Gasteiger partial charge in [0.1, 0.15) is 6.54 Å². The van der Waals surface area contributed by atoms with Crippen LogP contribution in [-0.2, 0) is 11.3 Å². The van der Waals surface area contributed by atoms with Crippen molar-refractivity contribution in [2.24, 2.45) is 0 Å². The highest BCUT2D eigenvalue weighted by atomic mass is 32.1. The van der Waals surface area contributed by atoms with Gasteiger partial charge in [-0.1, -0.05) is 0 Å². The van der Waals surface area contributed by atoms with E-state index in [9.17, 15) is 18.0 Å². The Kier molecular flexibility index (Phi) is 6.54. The van der Waals surface area contributed by atoms with Gasteiger partial charge in [-0.05, 0) is 17.0 Å². The zero-order valence-corrected chi connectivity index (χ0v) is 19.3. The standard InChI is InChI=1S/C22H22F3N7O2S/c23-22(24,25)14-27-21(33)19-7-15(13-35-19)18-10-29-32-12-16(8-26-20(18)32)17-9-28-31(11-17)2-1-30-3-5-34-6-4-30/h7-13H,1-6,14H2,(H,27,33). The Bertz CT molecular complexity index is 1320. The minimum Gasteiger partial charge on any atom is -0.379 e. The molecule has 1 aliphatic rings. The molecule has 1 saturated heterocycles. The summed E-state index contributed by atoms with van der Waals surface area (Å²) in [7, 11) is 0. The van der Waals surface area contributed by atoms with Crippen molar-refractivity contribution in [1.82, 2.24) is 34.6 Å². The molecule has 0 bridgehead atoms. The minimum atomic E-state index is -4.46. The third-order valence-electron chi connectivity index (χ3n) is 5.66. The quantitative estimate of drug-likeness (QED) is 0.416. The maximum atomic E-state index is 12.4. The topological polar surface area (TPSA) is 89.6 Å². The van der Waals surface area contributed by atoms with Crippen LogP contribution in [0.4, 0.5) is 13.2 Å². The van der Waals surface area contributed by atoms with E-state index < -0.39 is 18.6 Å². The first-order valence-corrected chi connectivity index (χ1v) is 11.8. The minimum absolute atomic E-state index is 0.185. The molecule has 4 aromatic rings. The number of morpholine rings is 1. The smallest absolute Gasteiger partial charge is 0.379 e. The predicted octanol–water partition coefficient (Wildman–Crippen LogP) is 2.95. The summed E-state index contributed by atoms with van der Waals surface area (Å²) in [5.74, 6) is -0.768. The fraction of sp³-hybridized carbons (Fsp3) is 0.364. The SMILES string of the molecule is O=C(NCC(F)(F)F)c1cc(-c2cnn3cc(-c4cnn(CCN5CCOCC5)c4)cnc23)cs1. The zero-order chi connectivity index (χ0) is 24.4. The van der Waals surface area contributed by atoms with E-state index in [-0.39, 0.29) is 4.88 Å². The molecule has 1 fully saturated rings. The molecule has 13 heteroatoms. The summed E-state index contributed by atoms with van der Waals surface area (Å²) < 4.78 is 46.0. The van der Waals surface area contributed by atoms with E-state index in [0.29, 0.717) is 16.8 Å². The van der Waals surface area contributed by atoms with Crippen molar-refractivity contribution in [3.63, 3.8) is 0 Å². The van der Waals surface area contributed by atoms with Gasteiger partial charge in [0.25, 0.3) is 5.91 Å². The number of amides is 1. The van der Waals surface area contributed by atoms with Gasteiger partial charge in [-0.3, -0.25) is 14.4 Å². The van der Waals surface area contributed by atoms with Crippen molar-refractivity contribution in [2.75, 3.05) is 39.4 Å². The Morgan fingerprint density at radius 2 is 1.86 bits per heavy atom. The number of nitrogens with one attached hydrogen (secondary N) is 1. The number of hydrogen-bond donors (Lipinski definition) is 1. The highest BCUT2D eigenvalue weighted by molar-refractivity contribution is 7.12.